The van der Waals surface area contributed by atoms with Crippen LogP contribution in [0.15, 0.2) is 41.4 Å². The minimum Gasteiger partial charge on any atom is -0.370 e. The Morgan fingerprint density at radius 2 is 1.42 bits per heavy atom. The molecular formula is C14H26N4O. The summed E-state index contributed by atoms with van der Waals surface area (Å²) in [6.07, 6.45) is 1.92. The summed E-state index contributed by atoms with van der Waals surface area (Å²) in [7, 11) is 1.50. The molecule has 0 saturated heterocycles. The number of Topliss-reactive ketones (excluding diaryl/α,β-unsaturated/α-hetero) is 1. The third-order valence-corrected chi connectivity index (χ3v) is 1.97. The lowest BCUT2D eigenvalue weighted by Gasteiger charge is -1.94. The van der Waals surface area contributed by atoms with Crippen LogP contribution < -0.4 is 17.2 Å². The third kappa shape index (κ3) is 18.7. The minimum absolute atomic E-state index is 0.0916. The Morgan fingerprint density at radius 1 is 1.00 bits per heavy atom. The number of aliphatic imine (C=N–C) groups is 1. The third-order valence-electron chi connectivity index (χ3n) is 1.97. The summed E-state index contributed by atoms with van der Waals surface area (Å²) in [5.41, 5.74) is 14.7. The molecule has 5 heteroatoms. The molecule has 0 aliphatic heterocycles. The van der Waals surface area contributed by atoms with Gasteiger partial charge in [-0.1, -0.05) is 43.3 Å². The van der Waals surface area contributed by atoms with E-state index in [-0.39, 0.29) is 11.7 Å². The van der Waals surface area contributed by atoms with Gasteiger partial charge in [0.25, 0.3) is 0 Å². The zero-order chi connectivity index (χ0) is 14.9. The molecule has 0 radical (unpaired) electrons. The van der Waals surface area contributed by atoms with Gasteiger partial charge in [-0.25, -0.2) is 0 Å². The number of ketones is 1. The van der Waals surface area contributed by atoms with Crippen LogP contribution in [0.1, 0.15) is 26.2 Å². The smallest absolute Gasteiger partial charge is 0.185 e. The zero-order valence-corrected chi connectivity index (χ0v) is 11.9. The molecule has 108 valence electrons. The molecule has 0 bridgehead atoms. The summed E-state index contributed by atoms with van der Waals surface area (Å²) in [5, 5.41) is 0. The molecule has 19 heavy (non-hydrogen) atoms. The molecule has 0 aromatic heterocycles. The summed E-state index contributed by atoms with van der Waals surface area (Å²) < 4.78 is 0. The van der Waals surface area contributed by atoms with Crippen LogP contribution in [-0.2, 0) is 4.79 Å². The maximum absolute atomic E-state index is 10.7. The SMILES string of the molecule is CCC(=O)CCCN=C(N)N.CN.c1ccccc1. The van der Waals surface area contributed by atoms with Crippen molar-refractivity contribution in [2.75, 3.05) is 13.6 Å². The van der Waals surface area contributed by atoms with Gasteiger partial charge in [0.1, 0.15) is 5.78 Å². The maximum atomic E-state index is 10.7. The first-order valence-corrected chi connectivity index (χ1v) is 6.31. The lowest BCUT2D eigenvalue weighted by atomic mass is 10.2. The monoisotopic (exact) mass is 266 g/mol. The van der Waals surface area contributed by atoms with Crippen LogP contribution in [-0.4, -0.2) is 25.3 Å². The van der Waals surface area contributed by atoms with Crippen LogP contribution in [0.4, 0.5) is 0 Å². The highest BCUT2D eigenvalue weighted by atomic mass is 16.1. The Labute approximate surface area is 115 Å². The fraction of sp³-hybridized carbons (Fsp3) is 0.429. The van der Waals surface area contributed by atoms with E-state index in [9.17, 15) is 4.79 Å². The standard InChI is InChI=1S/C7H15N3O.C6H6.CH5N/c1-2-6(11)4-3-5-10-7(8)9;1-2-4-6-5-3-1;1-2/h2-5H2,1H3,(H4,8,9,10);1-6H;2H2,1H3. The second-order valence-electron chi connectivity index (χ2n) is 3.46. The molecule has 0 atom stereocenters. The van der Waals surface area contributed by atoms with Gasteiger partial charge in [0.05, 0.1) is 0 Å². The lowest BCUT2D eigenvalue weighted by molar-refractivity contribution is -0.118. The summed E-state index contributed by atoms with van der Waals surface area (Å²) in [6, 6.07) is 12.0. The fourth-order valence-electron chi connectivity index (χ4n) is 1.05. The normalized spacial score (nSPS) is 8.16. The van der Waals surface area contributed by atoms with E-state index in [0.29, 0.717) is 19.4 Å². The Balaban J connectivity index is 0. The second kappa shape index (κ2) is 16.1. The predicted molar refractivity (Wildman–Crippen MR) is 81.8 cm³/mol. The first-order chi connectivity index (χ1) is 9.16. The number of nitrogens with zero attached hydrogens (tertiary/aromatic N) is 1. The van der Waals surface area contributed by atoms with Gasteiger partial charge in [-0.3, -0.25) is 9.79 Å². The number of carbonyl (C=O) groups excluding carboxylic acids is 1. The molecule has 0 spiro atoms. The van der Waals surface area contributed by atoms with Gasteiger partial charge < -0.3 is 17.2 Å². The Morgan fingerprint density at radius 3 is 1.74 bits per heavy atom. The lowest BCUT2D eigenvalue weighted by Crippen LogP contribution is -2.23. The second-order valence-corrected chi connectivity index (χ2v) is 3.46. The van der Waals surface area contributed by atoms with Gasteiger partial charge in [-0.05, 0) is 13.5 Å². The topological polar surface area (TPSA) is 107 Å². The van der Waals surface area contributed by atoms with Crippen molar-refractivity contribution in [1.82, 2.24) is 0 Å². The van der Waals surface area contributed by atoms with E-state index in [4.69, 9.17) is 11.5 Å². The van der Waals surface area contributed by atoms with E-state index in [0.717, 1.165) is 6.42 Å². The van der Waals surface area contributed by atoms with Gasteiger partial charge in [0.2, 0.25) is 0 Å². The first-order valence-electron chi connectivity index (χ1n) is 6.31. The maximum Gasteiger partial charge on any atom is 0.185 e. The molecule has 1 aromatic carbocycles. The number of nitrogens with two attached hydrogens (primary N) is 3. The first kappa shape index (κ1) is 19.5. The largest absolute Gasteiger partial charge is 0.370 e. The van der Waals surface area contributed by atoms with Crippen molar-refractivity contribution < 1.29 is 4.79 Å². The van der Waals surface area contributed by atoms with Gasteiger partial charge in [-0.2, -0.15) is 0 Å². The van der Waals surface area contributed by atoms with Crippen molar-refractivity contribution in [3.63, 3.8) is 0 Å². The van der Waals surface area contributed by atoms with Crippen molar-refractivity contribution in [2.24, 2.45) is 22.2 Å². The van der Waals surface area contributed by atoms with E-state index >= 15 is 0 Å². The van der Waals surface area contributed by atoms with E-state index in [1.807, 2.05) is 43.3 Å². The highest BCUT2D eigenvalue weighted by Crippen LogP contribution is 1.94. The predicted octanol–water partition coefficient (Wildman–Crippen LogP) is 1.28. The molecule has 0 heterocycles. The van der Waals surface area contributed by atoms with Crippen LogP contribution in [0.3, 0.4) is 0 Å². The van der Waals surface area contributed by atoms with Gasteiger partial charge >= 0.3 is 0 Å². The molecular weight excluding hydrogens is 240 g/mol. The number of rotatable bonds is 5. The zero-order valence-electron chi connectivity index (χ0n) is 11.9. The van der Waals surface area contributed by atoms with Gasteiger partial charge in [-0.15, -0.1) is 0 Å². The van der Waals surface area contributed by atoms with Crippen LogP contribution in [0.5, 0.6) is 0 Å². The van der Waals surface area contributed by atoms with E-state index < -0.39 is 0 Å². The number of guanidine groups is 1. The van der Waals surface area contributed by atoms with Crippen LogP contribution in [0.2, 0.25) is 0 Å². The van der Waals surface area contributed by atoms with Crippen LogP contribution >= 0.6 is 0 Å². The number of hydrogen-bond donors (Lipinski definition) is 3. The molecule has 0 fully saturated rings. The van der Waals surface area contributed by atoms with E-state index in [2.05, 4.69) is 10.7 Å². The summed E-state index contributed by atoms with van der Waals surface area (Å²) in [6.45, 7) is 2.40. The molecule has 1 rings (SSSR count). The number of hydrogen-bond acceptors (Lipinski definition) is 3. The Bertz CT molecular complexity index is 295. The van der Waals surface area contributed by atoms with E-state index in [1.54, 1.807) is 0 Å². The highest BCUT2D eigenvalue weighted by Gasteiger charge is 1.95. The van der Waals surface area contributed by atoms with Crippen molar-refractivity contribution in [3.05, 3.63) is 36.4 Å². The van der Waals surface area contributed by atoms with Crippen LogP contribution in [0.25, 0.3) is 0 Å². The van der Waals surface area contributed by atoms with E-state index in [1.165, 1.54) is 7.05 Å². The summed E-state index contributed by atoms with van der Waals surface area (Å²) in [4.78, 5) is 14.5. The summed E-state index contributed by atoms with van der Waals surface area (Å²) in [5.74, 6) is 0.352. The minimum atomic E-state index is 0.0916. The number of carbonyl (C=O) groups is 1. The van der Waals surface area contributed by atoms with Crippen molar-refractivity contribution >= 4 is 11.7 Å². The molecule has 0 unspecified atom stereocenters. The molecule has 1 aromatic rings. The van der Waals surface area contributed by atoms with Crippen molar-refractivity contribution in [1.29, 1.82) is 0 Å². The molecule has 0 saturated carbocycles. The summed E-state index contributed by atoms with van der Waals surface area (Å²) >= 11 is 0. The molecule has 0 amide bonds. The van der Waals surface area contributed by atoms with Crippen molar-refractivity contribution in [2.45, 2.75) is 26.2 Å². The Kier molecular flexibility index (Phi) is 16.5. The van der Waals surface area contributed by atoms with Crippen molar-refractivity contribution in [3.8, 4) is 0 Å². The molecule has 0 aliphatic rings. The van der Waals surface area contributed by atoms with Gasteiger partial charge in [0, 0.05) is 19.4 Å². The van der Waals surface area contributed by atoms with Gasteiger partial charge in [0.15, 0.2) is 5.96 Å². The fourth-order valence-corrected chi connectivity index (χ4v) is 1.05. The van der Waals surface area contributed by atoms with Crippen LogP contribution in [0, 0.1) is 0 Å². The quantitative estimate of drug-likeness (QED) is 0.424. The average Bonchev–Trinajstić information content (AvgIpc) is 2.47. The number of benzene rings is 1. The average molecular weight is 266 g/mol. The Hall–Kier alpha value is -1.88. The highest BCUT2D eigenvalue weighted by molar-refractivity contribution is 5.78. The molecule has 5 nitrogen and oxygen atoms in total. The molecule has 0 aliphatic carbocycles. The molecule has 6 N–H and O–H groups in total.